The number of aromatic nitrogens is 3. The molecule has 3 rings (SSSR count). The minimum Gasteiger partial charge on any atom is -0.423 e. The van der Waals surface area contributed by atoms with Crippen LogP contribution >= 0.6 is 0 Å². The van der Waals surface area contributed by atoms with E-state index in [-0.39, 0.29) is 11.0 Å². The third kappa shape index (κ3) is 2.38. The molecule has 0 unspecified atom stereocenters. The van der Waals surface area contributed by atoms with Crippen LogP contribution in [0.5, 0.6) is 0 Å². The largest absolute Gasteiger partial charge is 0.491 e. The fourth-order valence-corrected chi connectivity index (χ4v) is 2.19. The van der Waals surface area contributed by atoms with Gasteiger partial charge in [-0.1, -0.05) is 6.07 Å². The number of hydrogen-bond acceptors (Lipinski definition) is 6. The molecule has 3 aromatic rings. The summed E-state index contributed by atoms with van der Waals surface area (Å²) in [6.45, 7) is 0. The first-order valence-corrected chi connectivity index (χ1v) is 6.56. The summed E-state index contributed by atoms with van der Waals surface area (Å²) in [5.41, 5.74) is 0.421. The summed E-state index contributed by atoms with van der Waals surface area (Å²) < 4.78 is 14.5. The summed E-state index contributed by atoms with van der Waals surface area (Å²) in [5.74, 6) is -0.0355. The molecule has 22 heavy (non-hydrogen) atoms. The van der Waals surface area contributed by atoms with Crippen LogP contribution in [0.25, 0.3) is 22.3 Å². The highest BCUT2D eigenvalue weighted by molar-refractivity contribution is 6.59. The number of nitrogens with one attached hydrogen (secondary N) is 1. The molecule has 0 radical (unpaired) electrons. The minimum absolute atomic E-state index is 0.0174. The first-order chi connectivity index (χ1) is 10.6. The summed E-state index contributed by atoms with van der Waals surface area (Å²) >= 11 is 0. The fraction of sp³-hybridized carbons (Fsp3) is 0.0714. The van der Waals surface area contributed by atoms with Crippen molar-refractivity contribution in [1.82, 2.24) is 15.0 Å². The predicted octanol–water partition coefficient (Wildman–Crippen LogP) is 0.552. The van der Waals surface area contributed by atoms with Crippen molar-refractivity contribution in [3.63, 3.8) is 0 Å². The van der Waals surface area contributed by atoms with Gasteiger partial charge in [-0.05, 0) is 18.2 Å². The van der Waals surface area contributed by atoms with E-state index in [1.165, 1.54) is 6.07 Å². The van der Waals surface area contributed by atoms with Crippen molar-refractivity contribution >= 4 is 29.3 Å². The monoisotopic (exact) mass is 298 g/mol. The smallest absolute Gasteiger partial charge is 0.423 e. The van der Waals surface area contributed by atoms with Gasteiger partial charge in [0.1, 0.15) is 17.2 Å². The standard InChI is InChI=1S/C14H12BFN4O2/c1-17-14-9-4-5-10(15(21)22)11(16)12(9)19-13(20-14)8-3-2-6-18-7-8/h2-7,21-22H,1H3,(H,17,19,20). The molecule has 0 amide bonds. The molecule has 1 aromatic carbocycles. The lowest BCUT2D eigenvalue weighted by Gasteiger charge is -2.10. The SMILES string of the molecule is CNc1nc(-c2cccnc2)nc2c(F)c(B(O)O)ccc12. The Morgan fingerprint density at radius 3 is 2.64 bits per heavy atom. The molecule has 0 bridgehead atoms. The van der Waals surface area contributed by atoms with E-state index in [4.69, 9.17) is 0 Å². The van der Waals surface area contributed by atoms with Crippen LogP contribution in [0.15, 0.2) is 36.7 Å². The number of pyridine rings is 1. The van der Waals surface area contributed by atoms with Crippen LogP contribution in [0.4, 0.5) is 10.2 Å². The van der Waals surface area contributed by atoms with E-state index in [1.54, 1.807) is 37.6 Å². The molecular formula is C14H12BFN4O2. The number of hydrogen-bond donors (Lipinski definition) is 3. The molecule has 6 nitrogen and oxygen atoms in total. The van der Waals surface area contributed by atoms with Gasteiger partial charge in [-0.25, -0.2) is 14.4 Å². The van der Waals surface area contributed by atoms with Crippen LogP contribution in [0.2, 0.25) is 0 Å². The average Bonchev–Trinajstić information content (AvgIpc) is 2.55. The first-order valence-electron chi connectivity index (χ1n) is 6.56. The van der Waals surface area contributed by atoms with Gasteiger partial charge >= 0.3 is 7.12 Å². The molecule has 0 spiro atoms. The minimum atomic E-state index is -1.90. The van der Waals surface area contributed by atoms with Crippen LogP contribution in [-0.4, -0.2) is 39.2 Å². The van der Waals surface area contributed by atoms with E-state index in [0.29, 0.717) is 22.6 Å². The molecule has 0 fully saturated rings. The zero-order chi connectivity index (χ0) is 15.7. The van der Waals surface area contributed by atoms with Crippen molar-refractivity contribution in [2.45, 2.75) is 0 Å². The maximum absolute atomic E-state index is 14.5. The highest BCUT2D eigenvalue weighted by atomic mass is 19.1. The van der Waals surface area contributed by atoms with E-state index in [9.17, 15) is 14.4 Å². The molecular weight excluding hydrogens is 286 g/mol. The molecule has 0 saturated heterocycles. The Kier molecular flexibility index (Phi) is 3.70. The van der Waals surface area contributed by atoms with E-state index >= 15 is 0 Å². The summed E-state index contributed by atoms with van der Waals surface area (Å²) in [5, 5.41) is 21.8. The Morgan fingerprint density at radius 1 is 1.18 bits per heavy atom. The zero-order valence-electron chi connectivity index (χ0n) is 11.7. The molecule has 0 aliphatic heterocycles. The topological polar surface area (TPSA) is 91.2 Å². The quantitative estimate of drug-likeness (QED) is 0.612. The first kappa shape index (κ1) is 14.4. The molecule has 3 N–H and O–H groups in total. The second-order valence-corrected chi connectivity index (χ2v) is 4.63. The Hall–Kier alpha value is -2.58. The number of rotatable bonds is 3. The Labute approximate surface area is 125 Å². The van der Waals surface area contributed by atoms with E-state index in [2.05, 4.69) is 20.3 Å². The van der Waals surface area contributed by atoms with Crippen molar-refractivity contribution in [2.75, 3.05) is 12.4 Å². The van der Waals surface area contributed by atoms with Crippen molar-refractivity contribution < 1.29 is 14.4 Å². The van der Waals surface area contributed by atoms with Gasteiger partial charge in [0.15, 0.2) is 5.82 Å². The molecule has 110 valence electrons. The van der Waals surface area contributed by atoms with Gasteiger partial charge in [-0.3, -0.25) is 4.98 Å². The number of fused-ring (bicyclic) bond motifs is 1. The average molecular weight is 298 g/mol. The lowest BCUT2D eigenvalue weighted by Crippen LogP contribution is -2.33. The fourth-order valence-electron chi connectivity index (χ4n) is 2.19. The summed E-state index contributed by atoms with van der Waals surface area (Å²) in [6.07, 6.45) is 3.19. The van der Waals surface area contributed by atoms with Crippen LogP contribution in [-0.2, 0) is 0 Å². The van der Waals surface area contributed by atoms with E-state index in [1.807, 2.05) is 0 Å². The van der Waals surface area contributed by atoms with Crippen molar-refractivity contribution in [3.8, 4) is 11.4 Å². The number of anilines is 1. The molecule has 0 atom stereocenters. The molecule has 0 saturated carbocycles. The Morgan fingerprint density at radius 2 is 2.00 bits per heavy atom. The zero-order valence-corrected chi connectivity index (χ0v) is 11.7. The summed E-state index contributed by atoms with van der Waals surface area (Å²) in [4.78, 5) is 12.6. The van der Waals surface area contributed by atoms with Crippen LogP contribution in [0.1, 0.15) is 0 Å². The predicted molar refractivity (Wildman–Crippen MR) is 82.1 cm³/mol. The van der Waals surface area contributed by atoms with Crippen molar-refractivity contribution in [3.05, 3.63) is 42.5 Å². The van der Waals surface area contributed by atoms with Gasteiger partial charge in [0.05, 0.1) is 0 Å². The normalized spacial score (nSPS) is 10.7. The second kappa shape index (κ2) is 5.66. The van der Waals surface area contributed by atoms with Gasteiger partial charge in [0.25, 0.3) is 0 Å². The van der Waals surface area contributed by atoms with Gasteiger partial charge in [0, 0.05) is 35.9 Å². The Balaban J connectivity index is 2.31. The maximum atomic E-state index is 14.5. The van der Waals surface area contributed by atoms with Crippen molar-refractivity contribution in [1.29, 1.82) is 0 Å². The maximum Gasteiger partial charge on any atom is 0.491 e. The van der Waals surface area contributed by atoms with Gasteiger partial charge in [-0.15, -0.1) is 0 Å². The molecule has 8 heteroatoms. The second-order valence-electron chi connectivity index (χ2n) is 4.63. The lowest BCUT2D eigenvalue weighted by atomic mass is 9.79. The van der Waals surface area contributed by atoms with Crippen LogP contribution in [0.3, 0.4) is 0 Å². The third-order valence-electron chi connectivity index (χ3n) is 3.27. The Bertz CT molecular complexity index is 830. The molecule has 0 aliphatic rings. The van der Waals surface area contributed by atoms with Crippen molar-refractivity contribution in [2.24, 2.45) is 0 Å². The lowest BCUT2D eigenvalue weighted by molar-refractivity contribution is 0.423. The summed E-state index contributed by atoms with van der Waals surface area (Å²) in [7, 11) is -0.235. The van der Waals surface area contributed by atoms with E-state index < -0.39 is 12.9 Å². The number of nitrogens with zero attached hydrogens (tertiary/aromatic N) is 3. The number of benzene rings is 1. The highest BCUT2D eigenvalue weighted by Gasteiger charge is 2.21. The molecule has 2 heterocycles. The number of halogens is 1. The van der Waals surface area contributed by atoms with Crippen LogP contribution < -0.4 is 10.8 Å². The third-order valence-corrected chi connectivity index (χ3v) is 3.27. The van der Waals surface area contributed by atoms with Gasteiger partial charge in [0.2, 0.25) is 0 Å². The summed E-state index contributed by atoms with van der Waals surface area (Å²) in [6, 6.07) is 6.34. The molecule has 2 aromatic heterocycles. The van der Waals surface area contributed by atoms with Crippen LogP contribution in [0, 0.1) is 5.82 Å². The van der Waals surface area contributed by atoms with Gasteiger partial charge < -0.3 is 15.4 Å². The highest BCUT2D eigenvalue weighted by Crippen LogP contribution is 2.25. The van der Waals surface area contributed by atoms with E-state index in [0.717, 1.165) is 0 Å². The van der Waals surface area contributed by atoms with Gasteiger partial charge in [-0.2, -0.15) is 0 Å². The molecule has 0 aliphatic carbocycles.